The predicted molar refractivity (Wildman–Crippen MR) is 61.2 cm³/mol. The highest BCUT2D eigenvalue weighted by atomic mass is 28.3. The van der Waals surface area contributed by atoms with Crippen LogP contribution >= 0.6 is 0 Å². The van der Waals surface area contributed by atoms with Crippen LogP contribution in [0, 0.1) is 0 Å². The minimum atomic E-state index is -1.41. The quantitative estimate of drug-likeness (QED) is 0.562. The van der Waals surface area contributed by atoms with Crippen LogP contribution in [0.4, 0.5) is 0 Å². The van der Waals surface area contributed by atoms with E-state index in [1.807, 2.05) is 30.3 Å². The summed E-state index contributed by atoms with van der Waals surface area (Å²) in [5.41, 5.74) is 0. The largest absolute Gasteiger partial charge is 0.469 e. The molecule has 0 aliphatic rings. The van der Waals surface area contributed by atoms with Crippen molar-refractivity contribution in [1.29, 1.82) is 0 Å². The van der Waals surface area contributed by atoms with Gasteiger partial charge in [-0.05, 0) is 12.1 Å². The number of hydrogen-bond acceptors (Lipinski definition) is 2. The fourth-order valence-electron chi connectivity index (χ4n) is 1.20. The van der Waals surface area contributed by atoms with Crippen molar-refractivity contribution in [3.63, 3.8) is 0 Å². The Hall–Kier alpha value is -0.803. The normalized spacial score (nSPS) is 13.7. The molecule has 1 unspecified atom stereocenters. The first kappa shape index (κ1) is 11.3. The molecule has 1 atom stereocenters. The average Bonchev–Trinajstić information content (AvgIpc) is 2.14. The van der Waals surface area contributed by atoms with Gasteiger partial charge in [-0.15, -0.1) is 0 Å². The van der Waals surface area contributed by atoms with Crippen LogP contribution in [0.15, 0.2) is 30.3 Å². The fraction of sp³-hybridized carbons (Fsp3) is 0.455. The topological polar surface area (TPSA) is 18.5 Å². The molecule has 0 saturated carbocycles. The molecule has 0 heterocycles. The summed E-state index contributed by atoms with van der Waals surface area (Å²) in [5, 5.41) is 0. The summed E-state index contributed by atoms with van der Waals surface area (Å²) in [6.07, 6.45) is 0. The van der Waals surface area contributed by atoms with E-state index in [1.165, 1.54) is 0 Å². The van der Waals surface area contributed by atoms with Crippen molar-refractivity contribution in [1.82, 2.24) is 0 Å². The molecular formula is C11H18O2Si. The zero-order chi connectivity index (χ0) is 10.6. The molecule has 0 radical (unpaired) electrons. The van der Waals surface area contributed by atoms with Crippen LogP contribution in [0.1, 0.15) is 0 Å². The minimum Gasteiger partial charge on any atom is -0.469 e. The lowest BCUT2D eigenvalue weighted by Crippen LogP contribution is -2.43. The lowest BCUT2D eigenvalue weighted by molar-refractivity contribution is 0.00224. The van der Waals surface area contributed by atoms with Crippen LogP contribution in [0.25, 0.3) is 0 Å². The zero-order valence-electron chi connectivity index (χ0n) is 9.28. The highest BCUT2D eigenvalue weighted by molar-refractivity contribution is 6.77. The number of benzene rings is 1. The first-order valence-electron chi connectivity index (χ1n) is 4.78. The van der Waals surface area contributed by atoms with Gasteiger partial charge >= 0.3 is 0 Å². The van der Waals surface area contributed by atoms with Gasteiger partial charge in [-0.25, -0.2) is 0 Å². The number of hydrogen-bond donors (Lipinski definition) is 0. The third-order valence-electron chi connectivity index (χ3n) is 1.91. The minimum absolute atomic E-state index is 0.0788. The van der Waals surface area contributed by atoms with Crippen LogP contribution in [-0.2, 0) is 4.74 Å². The Kier molecular flexibility index (Phi) is 3.72. The Morgan fingerprint density at radius 1 is 1.07 bits per heavy atom. The number of methoxy groups -OCH3 is 1. The lowest BCUT2D eigenvalue weighted by Gasteiger charge is -2.27. The van der Waals surface area contributed by atoms with Gasteiger partial charge in [-0.1, -0.05) is 37.8 Å². The molecule has 0 N–H and O–H groups in total. The molecule has 2 nitrogen and oxygen atoms in total. The Morgan fingerprint density at radius 3 is 2.07 bits per heavy atom. The van der Waals surface area contributed by atoms with E-state index in [-0.39, 0.29) is 5.91 Å². The fourth-order valence-corrected chi connectivity index (χ4v) is 2.40. The second-order valence-electron chi connectivity index (χ2n) is 4.36. The van der Waals surface area contributed by atoms with Gasteiger partial charge in [0.1, 0.15) is 13.8 Å². The Morgan fingerprint density at radius 2 is 1.64 bits per heavy atom. The van der Waals surface area contributed by atoms with E-state index in [0.717, 1.165) is 5.75 Å². The maximum absolute atomic E-state index is 5.77. The molecule has 1 aromatic carbocycles. The Bertz CT molecular complexity index is 266. The van der Waals surface area contributed by atoms with E-state index in [1.54, 1.807) is 7.11 Å². The Balaban J connectivity index is 2.67. The van der Waals surface area contributed by atoms with Gasteiger partial charge in [0.15, 0.2) is 5.91 Å². The van der Waals surface area contributed by atoms with Crippen LogP contribution in [-0.4, -0.2) is 21.1 Å². The van der Waals surface area contributed by atoms with E-state index in [2.05, 4.69) is 19.6 Å². The number of ether oxygens (including phenoxy) is 2. The van der Waals surface area contributed by atoms with E-state index in [0.29, 0.717) is 0 Å². The summed E-state index contributed by atoms with van der Waals surface area (Å²) in [5.74, 6) is 0.798. The summed E-state index contributed by atoms with van der Waals surface area (Å²) in [4.78, 5) is 0. The SMILES string of the molecule is COC(Oc1ccccc1)[Si](C)(C)C. The molecule has 0 aliphatic carbocycles. The molecule has 0 spiro atoms. The van der Waals surface area contributed by atoms with Gasteiger partial charge in [0.05, 0.1) is 0 Å². The van der Waals surface area contributed by atoms with Gasteiger partial charge in [0, 0.05) is 7.11 Å². The first-order chi connectivity index (χ1) is 6.54. The van der Waals surface area contributed by atoms with Gasteiger partial charge in [0.2, 0.25) is 0 Å². The second-order valence-corrected chi connectivity index (χ2v) is 9.57. The molecule has 78 valence electrons. The monoisotopic (exact) mass is 210 g/mol. The molecule has 0 saturated heterocycles. The van der Waals surface area contributed by atoms with Gasteiger partial charge < -0.3 is 9.47 Å². The van der Waals surface area contributed by atoms with E-state index in [4.69, 9.17) is 9.47 Å². The molecule has 3 heteroatoms. The second kappa shape index (κ2) is 4.62. The summed E-state index contributed by atoms with van der Waals surface area (Å²) in [7, 11) is 0.286. The van der Waals surface area contributed by atoms with E-state index in [9.17, 15) is 0 Å². The van der Waals surface area contributed by atoms with Crippen molar-refractivity contribution in [3.05, 3.63) is 30.3 Å². The third kappa shape index (κ3) is 3.16. The van der Waals surface area contributed by atoms with Gasteiger partial charge in [-0.3, -0.25) is 0 Å². The molecule has 0 aliphatic heterocycles. The van der Waals surface area contributed by atoms with Crippen LogP contribution < -0.4 is 4.74 Å². The molecule has 0 aromatic heterocycles. The van der Waals surface area contributed by atoms with Crippen molar-refractivity contribution in [2.45, 2.75) is 25.6 Å². The van der Waals surface area contributed by atoms with Crippen molar-refractivity contribution in [2.24, 2.45) is 0 Å². The average molecular weight is 210 g/mol. The molecule has 14 heavy (non-hydrogen) atoms. The molecule has 1 aromatic rings. The molecule has 0 amide bonds. The van der Waals surface area contributed by atoms with Gasteiger partial charge in [-0.2, -0.15) is 0 Å². The standard InChI is InChI=1S/C11H18O2Si/c1-12-11(14(2,3)4)13-10-8-6-5-7-9-10/h5-9,11H,1-4H3. The maximum atomic E-state index is 5.77. The molecule has 0 fully saturated rings. The van der Waals surface area contributed by atoms with Gasteiger partial charge in [0.25, 0.3) is 0 Å². The van der Waals surface area contributed by atoms with Crippen LogP contribution in [0.2, 0.25) is 19.6 Å². The molecular weight excluding hydrogens is 192 g/mol. The first-order valence-corrected chi connectivity index (χ1v) is 8.36. The van der Waals surface area contributed by atoms with Crippen molar-refractivity contribution in [2.75, 3.05) is 7.11 Å². The highest BCUT2D eigenvalue weighted by Gasteiger charge is 2.28. The summed E-state index contributed by atoms with van der Waals surface area (Å²) >= 11 is 0. The summed E-state index contributed by atoms with van der Waals surface area (Å²) in [6, 6.07) is 9.81. The van der Waals surface area contributed by atoms with Crippen LogP contribution in [0.3, 0.4) is 0 Å². The van der Waals surface area contributed by atoms with Crippen molar-refractivity contribution in [3.8, 4) is 5.75 Å². The van der Waals surface area contributed by atoms with E-state index < -0.39 is 8.07 Å². The van der Waals surface area contributed by atoms with Crippen LogP contribution in [0.5, 0.6) is 5.75 Å². The van der Waals surface area contributed by atoms with E-state index >= 15 is 0 Å². The lowest BCUT2D eigenvalue weighted by atomic mass is 10.3. The molecule has 0 bridgehead atoms. The maximum Gasteiger partial charge on any atom is 0.179 e. The predicted octanol–water partition coefficient (Wildman–Crippen LogP) is 2.92. The molecule has 1 rings (SSSR count). The zero-order valence-corrected chi connectivity index (χ0v) is 10.3. The van der Waals surface area contributed by atoms with Crippen molar-refractivity contribution >= 4 is 8.07 Å². The third-order valence-corrected chi connectivity index (χ3v) is 3.68. The highest BCUT2D eigenvalue weighted by Crippen LogP contribution is 2.17. The number of para-hydroxylation sites is 1. The smallest absolute Gasteiger partial charge is 0.179 e. The summed E-state index contributed by atoms with van der Waals surface area (Å²) in [6.45, 7) is 6.68. The Labute approximate surface area is 86.9 Å². The summed E-state index contributed by atoms with van der Waals surface area (Å²) < 4.78 is 11.1. The number of rotatable bonds is 4. The van der Waals surface area contributed by atoms with Crippen molar-refractivity contribution < 1.29 is 9.47 Å².